The highest BCUT2D eigenvalue weighted by Gasteiger charge is 2.31. The van der Waals surface area contributed by atoms with Gasteiger partial charge in [-0.2, -0.15) is 13.2 Å². The number of hydrogen-bond acceptors (Lipinski definition) is 5. The van der Waals surface area contributed by atoms with E-state index in [0.717, 1.165) is 17.7 Å². The number of amides is 1. The molecule has 0 radical (unpaired) electrons. The van der Waals surface area contributed by atoms with Crippen molar-refractivity contribution in [2.45, 2.75) is 30.9 Å². The lowest BCUT2D eigenvalue weighted by Gasteiger charge is -2.14. The molecule has 10 heteroatoms. The number of pyridine rings is 1. The molecule has 0 fully saturated rings. The van der Waals surface area contributed by atoms with Crippen LogP contribution in [0.5, 0.6) is 0 Å². The van der Waals surface area contributed by atoms with Crippen molar-refractivity contribution in [3.63, 3.8) is 0 Å². The molecule has 4 aromatic rings. The summed E-state index contributed by atoms with van der Waals surface area (Å²) in [5.74, 6) is 0.880. The molecule has 0 aliphatic heterocycles. The predicted octanol–water partition coefficient (Wildman–Crippen LogP) is 6.03. The van der Waals surface area contributed by atoms with E-state index in [1.54, 1.807) is 47.3 Å². The van der Waals surface area contributed by atoms with E-state index in [9.17, 15) is 18.0 Å². The van der Waals surface area contributed by atoms with E-state index in [-0.39, 0.29) is 11.6 Å². The normalized spacial score (nSPS) is 11.6. The van der Waals surface area contributed by atoms with Crippen LogP contribution in [-0.4, -0.2) is 32.2 Å². The third kappa shape index (κ3) is 5.93. The highest BCUT2D eigenvalue weighted by Crippen LogP contribution is 2.34. The van der Waals surface area contributed by atoms with Crippen molar-refractivity contribution in [2.24, 2.45) is 5.92 Å². The molecule has 4 rings (SSSR count). The fraction of sp³-hybridized carbons (Fsp3) is 0.231. The fourth-order valence-corrected chi connectivity index (χ4v) is 4.46. The summed E-state index contributed by atoms with van der Waals surface area (Å²) in [6.45, 7) is 4.59. The van der Waals surface area contributed by atoms with Crippen LogP contribution in [0.4, 0.5) is 13.2 Å². The Balaban J connectivity index is 1.69. The second-order valence-corrected chi connectivity index (χ2v) is 9.42. The van der Waals surface area contributed by atoms with E-state index in [1.807, 2.05) is 26.0 Å². The molecule has 0 aliphatic rings. The van der Waals surface area contributed by atoms with Crippen molar-refractivity contribution in [3.05, 3.63) is 89.7 Å². The van der Waals surface area contributed by atoms with Crippen molar-refractivity contribution in [1.82, 2.24) is 25.1 Å². The number of rotatable bonds is 8. The predicted molar refractivity (Wildman–Crippen MR) is 133 cm³/mol. The van der Waals surface area contributed by atoms with Crippen LogP contribution in [0.3, 0.4) is 0 Å². The Kier molecular flexibility index (Phi) is 7.73. The van der Waals surface area contributed by atoms with Crippen LogP contribution in [0.25, 0.3) is 17.1 Å². The first kappa shape index (κ1) is 25.4. The van der Waals surface area contributed by atoms with Gasteiger partial charge < -0.3 is 5.32 Å². The number of hydrogen-bond donors (Lipinski definition) is 1. The Hall–Kier alpha value is -3.66. The van der Waals surface area contributed by atoms with E-state index in [2.05, 4.69) is 20.5 Å². The molecule has 2 aromatic heterocycles. The molecule has 0 spiro atoms. The van der Waals surface area contributed by atoms with Crippen LogP contribution < -0.4 is 5.32 Å². The zero-order valence-electron chi connectivity index (χ0n) is 19.7. The number of thioether (sulfide) groups is 1. The van der Waals surface area contributed by atoms with Crippen molar-refractivity contribution in [2.75, 3.05) is 6.54 Å². The zero-order valence-corrected chi connectivity index (χ0v) is 20.5. The number of alkyl halides is 3. The number of aromatic nitrogens is 4. The molecule has 6 nitrogen and oxygen atoms in total. The van der Waals surface area contributed by atoms with Gasteiger partial charge in [0.05, 0.1) is 11.3 Å². The van der Waals surface area contributed by atoms with Gasteiger partial charge in [0, 0.05) is 35.8 Å². The zero-order chi connectivity index (χ0) is 25.7. The lowest BCUT2D eigenvalue weighted by atomic mass is 10.1. The first-order chi connectivity index (χ1) is 17.2. The molecule has 1 amide bonds. The maximum Gasteiger partial charge on any atom is 0.416 e. The minimum atomic E-state index is -4.49. The largest absolute Gasteiger partial charge is 0.416 e. The molecule has 1 N–H and O–H groups in total. The number of halogens is 3. The van der Waals surface area contributed by atoms with Gasteiger partial charge in [-0.05, 0) is 47.9 Å². The number of carbonyl (C=O) groups excluding carboxylic acids is 1. The first-order valence-electron chi connectivity index (χ1n) is 11.3. The van der Waals surface area contributed by atoms with E-state index >= 15 is 0 Å². The SMILES string of the molecule is CC(C)CNC(=O)c1ccccc1CSc1nnc(-c2cccnc2)n1-c1cccc(C(F)(F)F)c1. The molecular formula is C26H24F3N5OS. The summed E-state index contributed by atoms with van der Waals surface area (Å²) in [4.78, 5) is 16.8. The van der Waals surface area contributed by atoms with Gasteiger partial charge in [-0.1, -0.05) is 49.9 Å². The summed E-state index contributed by atoms with van der Waals surface area (Å²) in [5.41, 5.74) is 1.45. The first-order valence-corrected chi connectivity index (χ1v) is 12.2. The minimum Gasteiger partial charge on any atom is -0.352 e. The van der Waals surface area contributed by atoms with Gasteiger partial charge in [-0.15, -0.1) is 10.2 Å². The van der Waals surface area contributed by atoms with E-state index in [1.165, 1.54) is 17.8 Å². The second kappa shape index (κ2) is 10.9. The lowest BCUT2D eigenvalue weighted by Crippen LogP contribution is -2.28. The molecular weight excluding hydrogens is 487 g/mol. The fourth-order valence-electron chi connectivity index (χ4n) is 3.50. The molecule has 0 aliphatic carbocycles. The Bertz CT molecular complexity index is 1340. The molecule has 2 heterocycles. The van der Waals surface area contributed by atoms with E-state index < -0.39 is 11.7 Å². The summed E-state index contributed by atoms with van der Waals surface area (Å²) >= 11 is 1.29. The highest BCUT2D eigenvalue weighted by atomic mass is 32.2. The Morgan fingerprint density at radius 3 is 2.58 bits per heavy atom. The minimum absolute atomic E-state index is 0.171. The van der Waals surface area contributed by atoms with Crippen LogP contribution in [0.15, 0.2) is 78.2 Å². The molecule has 0 saturated heterocycles. The van der Waals surface area contributed by atoms with Gasteiger partial charge in [-0.25, -0.2) is 0 Å². The van der Waals surface area contributed by atoms with Gasteiger partial charge in [0.1, 0.15) is 0 Å². The van der Waals surface area contributed by atoms with Gasteiger partial charge in [0.15, 0.2) is 11.0 Å². The lowest BCUT2D eigenvalue weighted by molar-refractivity contribution is -0.137. The number of nitrogens with one attached hydrogen (secondary N) is 1. The Labute approximate surface area is 211 Å². The smallest absolute Gasteiger partial charge is 0.352 e. The standard InChI is InChI=1S/C26H24F3N5OS/c1-17(2)14-31-24(35)22-11-4-3-7-19(22)16-36-25-33-32-23(18-8-6-12-30-15-18)34(25)21-10-5-9-20(13-21)26(27,28)29/h3-13,15,17H,14,16H2,1-2H3,(H,31,35). The van der Waals surface area contributed by atoms with Crippen LogP contribution >= 0.6 is 11.8 Å². The Morgan fingerprint density at radius 2 is 1.86 bits per heavy atom. The molecule has 0 bridgehead atoms. The van der Waals surface area contributed by atoms with Gasteiger partial charge >= 0.3 is 6.18 Å². The quantitative estimate of drug-likeness (QED) is 0.293. The molecule has 0 unspecified atom stereocenters. The highest BCUT2D eigenvalue weighted by molar-refractivity contribution is 7.98. The van der Waals surface area contributed by atoms with Crippen molar-refractivity contribution < 1.29 is 18.0 Å². The average Bonchev–Trinajstić information content (AvgIpc) is 3.30. The van der Waals surface area contributed by atoms with Gasteiger partial charge in [0.2, 0.25) is 0 Å². The van der Waals surface area contributed by atoms with Crippen LogP contribution in [0.2, 0.25) is 0 Å². The summed E-state index contributed by atoms with van der Waals surface area (Å²) in [5, 5.41) is 11.9. The molecule has 0 saturated carbocycles. The second-order valence-electron chi connectivity index (χ2n) is 8.48. The monoisotopic (exact) mass is 511 g/mol. The van der Waals surface area contributed by atoms with Gasteiger partial charge in [0.25, 0.3) is 5.91 Å². The molecule has 2 aromatic carbocycles. The maximum atomic E-state index is 13.4. The third-order valence-corrected chi connectivity index (χ3v) is 6.25. The van der Waals surface area contributed by atoms with Crippen LogP contribution in [0.1, 0.15) is 35.3 Å². The summed E-state index contributed by atoms with van der Waals surface area (Å²) in [6, 6.07) is 15.8. The van der Waals surface area contributed by atoms with E-state index in [0.29, 0.717) is 40.3 Å². The average molecular weight is 512 g/mol. The topological polar surface area (TPSA) is 72.7 Å². The summed E-state index contributed by atoms with van der Waals surface area (Å²) in [7, 11) is 0. The van der Waals surface area contributed by atoms with Crippen molar-refractivity contribution in [3.8, 4) is 17.1 Å². The van der Waals surface area contributed by atoms with Crippen molar-refractivity contribution in [1.29, 1.82) is 0 Å². The van der Waals surface area contributed by atoms with Crippen LogP contribution in [-0.2, 0) is 11.9 Å². The van der Waals surface area contributed by atoms with Crippen LogP contribution in [0, 0.1) is 5.92 Å². The third-order valence-electron chi connectivity index (χ3n) is 5.27. The Morgan fingerprint density at radius 1 is 1.06 bits per heavy atom. The van der Waals surface area contributed by atoms with Crippen molar-refractivity contribution >= 4 is 17.7 Å². The van der Waals surface area contributed by atoms with Gasteiger partial charge in [-0.3, -0.25) is 14.3 Å². The maximum absolute atomic E-state index is 13.4. The summed E-state index contributed by atoms with van der Waals surface area (Å²) < 4.78 is 41.9. The number of benzene rings is 2. The number of carbonyl (C=O) groups is 1. The molecule has 0 atom stereocenters. The summed E-state index contributed by atoms with van der Waals surface area (Å²) in [6.07, 6.45) is -1.31. The molecule has 186 valence electrons. The van der Waals surface area contributed by atoms with E-state index in [4.69, 9.17) is 0 Å². The number of nitrogens with zero attached hydrogens (tertiary/aromatic N) is 4. The molecule has 36 heavy (non-hydrogen) atoms.